The van der Waals surface area contributed by atoms with E-state index in [1.54, 1.807) is 0 Å². The molecular formula is C25H28FN7. The molecule has 0 bridgehead atoms. The number of rotatable bonds is 4. The van der Waals surface area contributed by atoms with Crippen molar-refractivity contribution in [3.63, 3.8) is 0 Å². The molecule has 0 aliphatic carbocycles. The van der Waals surface area contributed by atoms with Gasteiger partial charge in [-0.15, -0.1) is 0 Å². The van der Waals surface area contributed by atoms with Gasteiger partial charge in [-0.25, -0.2) is 19.3 Å². The molecule has 0 atom stereocenters. The molecule has 0 saturated carbocycles. The van der Waals surface area contributed by atoms with Crippen molar-refractivity contribution in [2.24, 2.45) is 4.99 Å². The number of nitrogens with one attached hydrogen (secondary N) is 2. The van der Waals surface area contributed by atoms with Crippen LogP contribution in [0.2, 0.25) is 0 Å². The van der Waals surface area contributed by atoms with Crippen molar-refractivity contribution in [1.29, 1.82) is 0 Å². The van der Waals surface area contributed by atoms with Crippen LogP contribution >= 0.6 is 0 Å². The highest BCUT2D eigenvalue weighted by Crippen LogP contribution is 2.44. The van der Waals surface area contributed by atoms with Crippen LogP contribution in [0.4, 0.5) is 27.5 Å². The van der Waals surface area contributed by atoms with Gasteiger partial charge in [-0.05, 0) is 49.2 Å². The zero-order valence-corrected chi connectivity index (χ0v) is 19.4. The van der Waals surface area contributed by atoms with Crippen molar-refractivity contribution in [3.05, 3.63) is 53.6 Å². The van der Waals surface area contributed by atoms with Crippen LogP contribution in [-0.4, -0.2) is 46.8 Å². The van der Waals surface area contributed by atoms with Gasteiger partial charge in [0.2, 0.25) is 5.95 Å². The number of pyridine rings is 1. The Kier molecular flexibility index (Phi) is 5.32. The summed E-state index contributed by atoms with van der Waals surface area (Å²) in [7, 11) is 0. The molecule has 3 aromatic rings. The van der Waals surface area contributed by atoms with Gasteiger partial charge in [0.05, 0.1) is 23.8 Å². The fraction of sp³-hybridized carbons (Fsp3) is 0.360. The van der Waals surface area contributed by atoms with Crippen LogP contribution in [-0.2, 0) is 5.41 Å². The van der Waals surface area contributed by atoms with Gasteiger partial charge in [0.15, 0.2) is 5.82 Å². The molecule has 0 amide bonds. The lowest BCUT2D eigenvalue weighted by atomic mass is 9.80. The average Bonchev–Trinajstić information content (AvgIpc) is 3.05. The summed E-state index contributed by atoms with van der Waals surface area (Å²) >= 11 is 0. The van der Waals surface area contributed by atoms with E-state index in [0.29, 0.717) is 17.3 Å². The summed E-state index contributed by atoms with van der Waals surface area (Å²) in [4.78, 5) is 20.2. The first-order valence-electron chi connectivity index (χ1n) is 11.3. The summed E-state index contributed by atoms with van der Waals surface area (Å²) in [6, 6.07) is 7.86. The molecule has 2 aliphatic rings. The molecule has 7 nitrogen and oxygen atoms in total. The summed E-state index contributed by atoms with van der Waals surface area (Å²) < 4.78 is 14.8. The number of aromatic nitrogens is 3. The van der Waals surface area contributed by atoms with Crippen molar-refractivity contribution in [3.8, 4) is 11.3 Å². The summed E-state index contributed by atoms with van der Waals surface area (Å²) in [5.74, 6) is 0.454. The Morgan fingerprint density at radius 2 is 1.85 bits per heavy atom. The largest absolute Gasteiger partial charge is 0.368 e. The topological polar surface area (TPSA) is 78.3 Å². The Hall–Kier alpha value is -3.39. The third-order valence-corrected chi connectivity index (χ3v) is 6.65. The van der Waals surface area contributed by atoms with E-state index in [1.165, 1.54) is 6.20 Å². The first kappa shape index (κ1) is 21.5. The van der Waals surface area contributed by atoms with Gasteiger partial charge >= 0.3 is 0 Å². The normalized spacial score (nSPS) is 17.0. The van der Waals surface area contributed by atoms with Gasteiger partial charge in [0.1, 0.15) is 11.5 Å². The highest BCUT2D eigenvalue weighted by atomic mass is 19.1. The molecule has 0 unspecified atom stereocenters. The molecule has 170 valence electrons. The molecule has 1 fully saturated rings. The van der Waals surface area contributed by atoms with Crippen LogP contribution in [0.1, 0.15) is 31.9 Å². The van der Waals surface area contributed by atoms with Gasteiger partial charge < -0.3 is 15.5 Å². The number of halogens is 1. The molecule has 5 rings (SSSR count). The van der Waals surface area contributed by atoms with Crippen molar-refractivity contribution >= 4 is 28.9 Å². The molecule has 4 heterocycles. The Morgan fingerprint density at radius 3 is 2.58 bits per heavy atom. The third kappa shape index (κ3) is 3.95. The van der Waals surface area contributed by atoms with Crippen LogP contribution < -0.4 is 15.5 Å². The highest BCUT2D eigenvalue weighted by Gasteiger charge is 2.33. The van der Waals surface area contributed by atoms with E-state index in [9.17, 15) is 4.39 Å². The second-order valence-electron chi connectivity index (χ2n) is 9.17. The van der Waals surface area contributed by atoms with E-state index < -0.39 is 5.82 Å². The minimum absolute atomic E-state index is 0.198. The van der Waals surface area contributed by atoms with Crippen molar-refractivity contribution in [2.75, 3.05) is 36.4 Å². The summed E-state index contributed by atoms with van der Waals surface area (Å²) in [6.07, 6.45) is 3.04. The Bertz CT molecular complexity index is 1230. The molecule has 2 aromatic heterocycles. The smallest absolute Gasteiger partial charge is 0.229 e. The Labute approximate surface area is 193 Å². The van der Waals surface area contributed by atoms with Crippen LogP contribution in [0, 0.1) is 12.7 Å². The standard InChI is InChI=1S/C25H28FN7/c1-15-11-17(12-19-22(15)30-16(2)25(19,3)4)23-20(26)14-29-24(32-23)31-21-6-5-18(13-28-21)33-9-7-27-8-10-33/h5-6,11-14,27H,7-10H2,1-4H3,(H,28,29,31,32). The number of benzene rings is 1. The first-order chi connectivity index (χ1) is 15.8. The SMILES string of the molecule is CC1=Nc2c(C)cc(-c3nc(Nc4ccc(N5CCNCC5)cn4)ncc3F)cc2C1(C)C. The quantitative estimate of drug-likeness (QED) is 0.615. The van der Waals surface area contributed by atoms with Gasteiger partial charge in [-0.2, -0.15) is 0 Å². The zero-order valence-electron chi connectivity index (χ0n) is 19.4. The Morgan fingerprint density at radius 1 is 1.06 bits per heavy atom. The second kappa shape index (κ2) is 8.19. The molecule has 0 spiro atoms. The number of aliphatic imine (C=N–C) groups is 1. The van der Waals surface area contributed by atoms with Crippen LogP contribution in [0.25, 0.3) is 11.3 Å². The molecule has 8 heteroatoms. The predicted octanol–water partition coefficient (Wildman–Crippen LogP) is 4.52. The monoisotopic (exact) mass is 445 g/mol. The highest BCUT2D eigenvalue weighted by molar-refractivity contribution is 6.00. The number of fused-ring (bicyclic) bond motifs is 1. The molecule has 1 aromatic carbocycles. The first-order valence-corrected chi connectivity index (χ1v) is 11.3. The minimum Gasteiger partial charge on any atom is -0.368 e. The number of anilines is 3. The van der Waals surface area contributed by atoms with E-state index >= 15 is 0 Å². The summed E-state index contributed by atoms with van der Waals surface area (Å²) in [5, 5.41) is 6.46. The number of piperazine rings is 1. The molecule has 1 saturated heterocycles. The maximum atomic E-state index is 14.8. The average molecular weight is 446 g/mol. The fourth-order valence-electron chi connectivity index (χ4n) is 4.36. The predicted molar refractivity (Wildman–Crippen MR) is 131 cm³/mol. The van der Waals surface area contributed by atoms with Crippen LogP contribution in [0.3, 0.4) is 0 Å². The van der Waals surface area contributed by atoms with E-state index in [-0.39, 0.29) is 11.1 Å². The maximum absolute atomic E-state index is 14.8. The van der Waals surface area contributed by atoms with E-state index in [0.717, 1.165) is 54.4 Å². The fourth-order valence-corrected chi connectivity index (χ4v) is 4.36. The molecule has 2 aliphatic heterocycles. The molecule has 33 heavy (non-hydrogen) atoms. The van der Waals surface area contributed by atoms with E-state index in [2.05, 4.69) is 44.3 Å². The third-order valence-electron chi connectivity index (χ3n) is 6.65. The number of nitrogens with zero attached hydrogens (tertiary/aromatic N) is 5. The lowest BCUT2D eigenvalue weighted by Crippen LogP contribution is -2.43. The van der Waals surface area contributed by atoms with Crippen molar-refractivity contribution in [2.45, 2.75) is 33.1 Å². The minimum atomic E-state index is -0.463. The second-order valence-corrected chi connectivity index (χ2v) is 9.17. The van der Waals surface area contributed by atoms with Gasteiger partial charge in [0, 0.05) is 42.9 Å². The van der Waals surface area contributed by atoms with Gasteiger partial charge in [-0.1, -0.05) is 13.8 Å². The van der Waals surface area contributed by atoms with Crippen molar-refractivity contribution < 1.29 is 4.39 Å². The molecule has 2 N–H and O–H groups in total. The zero-order chi connectivity index (χ0) is 23.2. The Balaban J connectivity index is 1.42. The number of hydrogen-bond acceptors (Lipinski definition) is 7. The molecular weight excluding hydrogens is 417 g/mol. The lowest BCUT2D eigenvalue weighted by molar-refractivity contribution is 0.589. The lowest BCUT2D eigenvalue weighted by Gasteiger charge is -2.29. The summed E-state index contributed by atoms with van der Waals surface area (Å²) in [5.41, 5.74) is 5.98. The van der Waals surface area contributed by atoms with Crippen LogP contribution in [0.15, 0.2) is 41.7 Å². The van der Waals surface area contributed by atoms with Crippen molar-refractivity contribution in [1.82, 2.24) is 20.3 Å². The maximum Gasteiger partial charge on any atom is 0.229 e. The molecule has 0 radical (unpaired) electrons. The number of aryl methyl sites for hydroxylation is 1. The van der Waals surface area contributed by atoms with E-state index in [4.69, 9.17) is 4.99 Å². The van der Waals surface area contributed by atoms with Gasteiger partial charge in [-0.3, -0.25) is 4.99 Å². The van der Waals surface area contributed by atoms with Crippen LogP contribution in [0.5, 0.6) is 0 Å². The summed E-state index contributed by atoms with van der Waals surface area (Å²) in [6.45, 7) is 12.2. The number of hydrogen-bond donors (Lipinski definition) is 2. The van der Waals surface area contributed by atoms with Gasteiger partial charge in [0.25, 0.3) is 0 Å². The van der Waals surface area contributed by atoms with E-state index in [1.807, 2.05) is 44.3 Å².